The fourth-order valence-corrected chi connectivity index (χ4v) is 0.843. The Labute approximate surface area is 70.0 Å². The number of nitrogens with zero attached hydrogens (tertiary/aromatic N) is 1. The molecule has 1 atom stereocenters. The van der Waals surface area contributed by atoms with Crippen LogP contribution in [0.2, 0.25) is 0 Å². The lowest BCUT2D eigenvalue weighted by Crippen LogP contribution is -2.16. The van der Waals surface area contributed by atoms with Crippen molar-refractivity contribution in [3.8, 4) is 0 Å². The SMILES string of the molecule is COC(=O)/C(CCC1CO1)=N/O. The number of ether oxygens (including phenoxy) is 2. The molecule has 1 aliphatic rings. The van der Waals surface area contributed by atoms with E-state index in [0.29, 0.717) is 12.8 Å². The van der Waals surface area contributed by atoms with Crippen molar-refractivity contribution in [2.45, 2.75) is 18.9 Å². The molecular weight excluding hydrogens is 162 g/mol. The van der Waals surface area contributed by atoms with Crippen LogP contribution in [0.25, 0.3) is 0 Å². The Hall–Kier alpha value is -1.10. The highest BCUT2D eigenvalue weighted by Gasteiger charge is 2.24. The van der Waals surface area contributed by atoms with Crippen LogP contribution in [0.3, 0.4) is 0 Å². The van der Waals surface area contributed by atoms with E-state index in [-0.39, 0.29) is 11.8 Å². The van der Waals surface area contributed by atoms with Crippen molar-refractivity contribution in [2.24, 2.45) is 5.16 Å². The number of oxime groups is 1. The van der Waals surface area contributed by atoms with Crippen LogP contribution in [0.1, 0.15) is 12.8 Å². The summed E-state index contributed by atoms with van der Waals surface area (Å²) in [5, 5.41) is 11.3. The van der Waals surface area contributed by atoms with Gasteiger partial charge in [0.15, 0.2) is 5.71 Å². The van der Waals surface area contributed by atoms with Crippen LogP contribution >= 0.6 is 0 Å². The predicted molar refractivity (Wildman–Crippen MR) is 40.2 cm³/mol. The number of hydrogen-bond donors (Lipinski definition) is 1. The molecule has 0 spiro atoms. The van der Waals surface area contributed by atoms with Gasteiger partial charge in [-0.2, -0.15) is 0 Å². The lowest BCUT2D eigenvalue weighted by atomic mass is 10.2. The molecule has 1 saturated heterocycles. The molecule has 68 valence electrons. The maximum Gasteiger partial charge on any atom is 0.355 e. The van der Waals surface area contributed by atoms with E-state index in [9.17, 15) is 4.79 Å². The molecule has 0 aromatic carbocycles. The van der Waals surface area contributed by atoms with Crippen molar-refractivity contribution in [3.05, 3.63) is 0 Å². The summed E-state index contributed by atoms with van der Waals surface area (Å²) in [4.78, 5) is 10.8. The van der Waals surface area contributed by atoms with E-state index >= 15 is 0 Å². The van der Waals surface area contributed by atoms with Crippen molar-refractivity contribution in [1.82, 2.24) is 0 Å². The molecule has 1 unspecified atom stereocenters. The summed E-state index contributed by atoms with van der Waals surface area (Å²) < 4.78 is 9.31. The first-order valence-corrected chi connectivity index (χ1v) is 3.68. The largest absolute Gasteiger partial charge is 0.464 e. The van der Waals surface area contributed by atoms with Crippen molar-refractivity contribution in [2.75, 3.05) is 13.7 Å². The minimum atomic E-state index is -0.585. The Morgan fingerprint density at radius 2 is 2.50 bits per heavy atom. The third-order valence-electron chi connectivity index (χ3n) is 1.65. The molecular formula is C7H11NO4. The van der Waals surface area contributed by atoms with Crippen molar-refractivity contribution in [3.63, 3.8) is 0 Å². The van der Waals surface area contributed by atoms with Crippen LogP contribution in [0.5, 0.6) is 0 Å². The van der Waals surface area contributed by atoms with Crippen molar-refractivity contribution < 1.29 is 19.5 Å². The fourth-order valence-electron chi connectivity index (χ4n) is 0.843. The molecule has 1 fully saturated rings. The van der Waals surface area contributed by atoms with Crippen LogP contribution in [0, 0.1) is 0 Å². The molecule has 0 radical (unpaired) electrons. The predicted octanol–water partition coefficient (Wildman–Crippen LogP) is 0.169. The zero-order valence-electron chi connectivity index (χ0n) is 6.82. The van der Waals surface area contributed by atoms with Crippen LogP contribution in [0.15, 0.2) is 5.16 Å². The topological polar surface area (TPSA) is 71.4 Å². The van der Waals surface area contributed by atoms with Gasteiger partial charge in [0, 0.05) is 6.42 Å². The summed E-state index contributed by atoms with van der Waals surface area (Å²) in [5.41, 5.74) is 0.0491. The summed E-state index contributed by atoms with van der Waals surface area (Å²) in [6.07, 6.45) is 1.33. The minimum Gasteiger partial charge on any atom is -0.464 e. The summed E-state index contributed by atoms with van der Waals surface area (Å²) in [5.74, 6) is -0.585. The number of esters is 1. The van der Waals surface area contributed by atoms with Gasteiger partial charge in [-0.15, -0.1) is 0 Å². The minimum absolute atomic E-state index is 0.0491. The average Bonchev–Trinajstić information content (AvgIpc) is 2.88. The Bertz CT molecular complexity index is 198. The van der Waals surface area contributed by atoms with Gasteiger partial charge in [0.1, 0.15) is 0 Å². The summed E-state index contributed by atoms with van der Waals surface area (Å²) >= 11 is 0. The molecule has 5 heteroatoms. The second kappa shape index (κ2) is 4.06. The number of epoxide rings is 1. The lowest BCUT2D eigenvalue weighted by Gasteiger charge is -1.99. The number of carbonyl (C=O) groups is 1. The van der Waals surface area contributed by atoms with E-state index in [1.165, 1.54) is 7.11 Å². The molecule has 12 heavy (non-hydrogen) atoms. The highest BCUT2D eigenvalue weighted by molar-refractivity contribution is 6.36. The van der Waals surface area contributed by atoms with E-state index in [1.807, 2.05) is 0 Å². The second-order valence-electron chi connectivity index (χ2n) is 2.53. The van der Waals surface area contributed by atoms with Gasteiger partial charge in [-0.3, -0.25) is 0 Å². The van der Waals surface area contributed by atoms with Gasteiger partial charge in [0.05, 0.1) is 19.8 Å². The zero-order valence-corrected chi connectivity index (χ0v) is 6.82. The molecule has 1 heterocycles. The summed E-state index contributed by atoms with van der Waals surface area (Å²) in [6.45, 7) is 0.736. The number of rotatable bonds is 4. The molecule has 0 amide bonds. The standard InChI is InChI=1S/C7H11NO4/c1-11-7(9)6(8-10)3-2-5-4-12-5/h5,10H,2-4H2,1H3/b8-6+. The Morgan fingerprint density at radius 3 is 2.92 bits per heavy atom. The van der Waals surface area contributed by atoms with E-state index in [2.05, 4.69) is 9.89 Å². The molecule has 1 rings (SSSR count). The Morgan fingerprint density at radius 1 is 1.83 bits per heavy atom. The van der Waals surface area contributed by atoms with Gasteiger partial charge < -0.3 is 14.7 Å². The average molecular weight is 173 g/mol. The number of carbonyl (C=O) groups excluding carboxylic acids is 1. The number of hydrogen-bond acceptors (Lipinski definition) is 5. The first-order chi connectivity index (χ1) is 5.77. The lowest BCUT2D eigenvalue weighted by molar-refractivity contribution is -0.133. The molecule has 1 N–H and O–H groups in total. The molecule has 0 bridgehead atoms. The highest BCUT2D eigenvalue weighted by Crippen LogP contribution is 2.15. The van der Waals surface area contributed by atoms with E-state index in [1.54, 1.807) is 0 Å². The first kappa shape index (κ1) is 8.99. The van der Waals surface area contributed by atoms with E-state index in [4.69, 9.17) is 9.94 Å². The summed E-state index contributed by atoms with van der Waals surface area (Å²) in [7, 11) is 1.25. The van der Waals surface area contributed by atoms with Crippen molar-refractivity contribution >= 4 is 11.7 Å². The molecule has 0 aliphatic carbocycles. The van der Waals surface area contributed by atoms with Gasteiger partial charge in [-0.1, -0.05) is 5.16 Å². The maximum absolute atomic E-state index is 10.8. The second-order valence-corrected chi connectivity index (χ2v) is 2.53. The molecule has 0 saturated carbocycles. The highest BCUT2D eigenvalue weighted by atomic mass is 16.6. The van der Waals surface area contributed by atoms with Crippen LogP contribution in [-0.4, -0.2) is 36.7 Å². The first-order valence-electron chi connectivity index (χ1n) is 3.68. The smallest absolute Gasteiger partial charge is 0.355 e. The number of methoxy groups -OCH3 is 1. The van der Waals surface area contributed by atoms with Gasteiger partial charge in [-0.25, -0.2) is 4.79 Å². The molecule has 0 aromatic rings. The van der Waals surface area contributed by atoms with Crippen LogP contribution < -0.4 is 0 Å². The zero-order chi connectivity index (χ0) is 8.97. The molecule has 0 aromatic heterocycles. The normalized spacial score (nSPS) is 22.1. The quantitative estimate of drug-likeness (QED) is 0.216. The maximum atomic E-state index is 10.8. The third-order valence-corrected chi connectivity index (χ3v) is 1.65. The van der Waals surface area contributed by atoms with E-state index in [0.717, 1.165) is 6.61 Å². The van der Waals surface area contributed by atoms with Gasteiger partial charge in [-0.05, 0) is 6.42 Å². The summed E-state index contributed by atoms with van der Waals surface area (Å²) in [6, 6.07) is 0. The third kappa shape index (κ3) is 2.50. The van der Waals surface area contributed by atoms with Gasteiger partial charge >= 0.3 is 5.97 Å². The Kier molecular flexibility index (Phi) is 3.04. The van der Waals surface area contributed by atoms with Gasteiger partial charge in [0.2, 0.25) is 0 Å². The van der Waals surface area contributed by atoms with Crippen LogP contribution in [0.4, 0.5) is 0 Å². The van der Waals surface area contributed by atoms with E-state index < -0.39 is 5.97 Å². The molecule has 5 nitrogen and oxygen atoms in total. The van der Waals surface area contributed by atoms with Crippen LogP contribution in [-0.2, 0) is 14.3 Å². The fraction of sp³-hybridized carbons (Fsp3) is 0.714. The monoisotopic (exact) mass is 173 g/mol. The Balaban J connectivity index is 2.29. The molecule has 1 aliphatic heterocycles. The van der Waals surface area contributed by atoms with Gasteiger partial charge in [0.25, 0.3) is 0 Å². The van der Waals surface area contributed by atoms with Crippen molar-refractivity contribution in [1.29, 1.82) is 0 Å².